The number of benzene rings is 3. The van der Waals surface area contributed by atoms with Crippen LogP contribution in [0.1, 0.15) is 59.3 Å². The summed E-state index contributed by atoms with van der Waals surface area (Å²) >= 11 is 0. The van der Waals surface area contributed by atoms with Gasteiger partial charge in [0.1, 0.15) is 18.1 Å². The molecule has 0 spiro atoms. The van der Waals surface area contributed by atoms with E-state index in [4.69, 9.17) is 9.47 Å². The van der Waals surface area contributed by atoms with Crippen molar-refractivity contribution in [2.24, 2.45) is 0 Å². The number of amides is 1. The molecule has 3 aromatic carbocycles. The fraction of sp³-hybridized carbons (Fsp3) is 0.296. The van der Waals surface area contributed by atoms with Gasteiger partial charge >= 0.3 is 0 Å². The second kappa shape index (κ2) is 10.2. The predicted octanol–water partition coefficient (Wildman–Crippen LogP) is 6.66. The Morgan fingerprint density at radius 3 is 2.29 bits per heavy atom. The molecule has 162 valence electrons. The van der Waals surface area contributed by atoms with Gasteiger partial charge in [0.05, 0.1) is 6.61 Å². The monoisotopic (exact) mass is 417 g/mol. The minimum atomic E-state index is -0.156. The topological polar surface area (TPSA) is 47.6 Å². The van der Waals surface area contributed by atoms with E-state index in [-0.39, 0.29) is 5.91 Å². The number of aryl methyl sites for hydroxylation is 2. The maximum Gasteiger partial charge on any atom is 0.255 e. The van der Waals surface area contributed by atoms with Gasteiger partial charge < -0.3 is 14.8 Å². The summed E-state index contributed by atoms with van der Waals surface area (Å²) in [7, 11) is 0. The number of nitrogens with one attached hydrogen (secondary N) is 1. The minimum absolute atomic E-state index is 0.156. The van der Waals surface area contributed by atoms with Crippen LogP contribution in [0.5, 0.6) is 11.5 Å². The average Bonchev–Trinajstić information content (AvgIpc) is 2.72. The molecule has 0 aliphatic heterocycles. The maximum absolute atomic E-state index is 12.9. The van der Waals surface area contributed by atoms with Gasteiger partial charge in [0.25, 0.3) is 5.91 Å². The SMILES string of the molecule is CCOc1ccc(C(=O)Nc2cc(C)cc(C)c2)cc1COc1ccccc1C(C)C. The highest BCUT2D eigenvalue weighted by Gasteiger charge is 2.13. The molecule has 0 saturated heterocycles. The van der Waals surface area contributed by atoms with Gasteiger partial charge in [-0.15, -0.1) is 0 Å². The molecule has 0 aliphatic carbocycles. The molecular weight excluding hydrogens is 386 g/mol. The molecule has 0 aliphatic rings. The van der Waals surface area contributed by atoms with Gasteiger partial charge in [-0.3, -0.25) is 4.79 Å². The molecule has 0 aromatic heterocycles. The normalized spacial score (nSPS) is 10.8. The van der Waals surface area contributed by atoms with E-state index >= 15 is 0 Å². The molecule has 1 N–H and O–H groups in total. The van der Waals surface area contributed by atoms with Crippen molar-refractivity contribution in [2.45, 2.75) is 47.1 Å². The molecule has 3 rings (SSSR count). The van der Waals surface area contributed by atoms with Crippen molar-refractivity contribution in [1.29, 1.82) is 0 Å². The summed E-state index contributed by atoms with van der Waals surface area (Å²) in [6, 6.07) is 19.5. The smallest absolute Gasteiger partial charge is 0.255 e. The lowest BCUT2D eigenvalue weighted by Crippen LogP contribution is -2.13. The second-order valence-electron chi connectivity index (χ2n) is 8.07. The van der Waals surface area contributed by atoms with Crippen LogP contribution in [0.15, 0.2) is 60.7 Å². The molecule has 4 nitrogen and oxygen atoms in total. The number of anilines is 1. The zero-order valence-electron chi connectivity index (χ0n) is 19.0. The van der Waals surface area contributed by atoms with Crippen molar-refractivity contribution in [1.82, 2.24) is 0 Å². The van der Waals surface area contributed by atoms with Crippen LogP contribution in [0.25, 0.3) is 0 Å². The fourth-order valence-electron chi connectivity index (χ4n) is 3.62. The zero-order valence-corrected chi connectivity index (χ0v) is 19.0. The Hall–Kier alpha value is -3.27. The quantitative estimate of drug-likeness (QED) is 0.446. The first kappa shape index (κ1) is 22.4. The third-order valence-electron chi connectivity index (χ3n) is 5.03. The molecule has 0 heterocycles. The molecular formula is C27H31NO3. The summed E-state index contributed by atoms with van der Waals surface area (Å²) in [6.07, 6.45) is 0. The number of hydrogen-bond acceptors (Lipinski definition) is 3. The molecule has 0 bridgehead atoms. The number of para-hydroxylation sites is 1. The second-order valence-corrected chi connectivity index (χ2v) is 8.07. The van der Waals surface area contributed by atoms with Gasteiger partial charge in [-0.2, -0.15) is 0 Å². The van der Waals surface area contributed by atoms with Crippen molar-refractivity contribution in [3.05, 3.63) is 88.5 Å². The van der Waals surface area contributed by atoms with E-state index in [0.717, 1.165) is 39.4 Å². The predicted molar refractivity (Wildman–Crippen MR) is 126 cm³/mol. The number of ether oxygens (including phenoxy) is 2. The van der Waals surface area contributed by atoms with Crippen LogP contribution < -0.4 is 14.8 Å². The summed E-state index contributed by atoms with van der Waals surface area (Å²) in [4.78, 5) is 12.9. The Balaban J connectivity index is 1.83. The van der Waals surface area contributed by atoms with Gasteiger partial charge in [-0.05, 0) is 79.8 Å². The van der Waals surface area contributed by atoms with Crippen molar-refractivity contribution in [2.75, 3.05) is 11.9 Å². The van der Waals surface area contributed by atoms with E-state index in [2.05, 4.69) is 31.3 Å². The van der Waals surface area contributed by atoms with Crippen LogP contribution in [-0.2, 0) is 6.61 Å². The van der Waals surface area contributed by atoms with Crippen LogP contribution >= 0.6 is 0 Å². The molecule has 4 heteroatoms. The van der Waals surface area contributed by atoms with Crippen LogP contribution in [0.4, 0.5) is 5.69 Å². The molecule has 0 radical (unpaired) electrons. The summed E-state index contributed by atoms with van der Waals surface area (Å²) < 4.78 is 11.9. The first-order valence-electron chi connectivity index (χ1n) is 10.7. The first-order chi connectivity index (χ1) is 14.9. The van der Waals surface area contributed by atoms with E-state index < -0.39 is 0 Å². The van der Waals surface area contributed by atoms with Crippen LogP contribution in [-0.4, -0.2) is 12.5 Å². The number of hydrogen-bond donors (Lipinski definition) is 1. The van der Waals surface area contributed by atoms with Crippen molar-refractivity contribution in [3.63, 3.8) is 0 Å². The van der Waals surface area contributed by atoms with Gasteiger partial charge in [0, 0.05) is 16.8 Å². The zero-order chi connectivity index (χ0) is 22.4. The van der Waals surface area contributed by atoms with Crippen LogP contribution in [0.3, 0.4) is 0 Å². The molecule has 0 saturated carbocycles. The van der Waals surface area contributed by atoms with E-state index in [1.54, 1.807) is 6.07 Å². The van der Waals surface area contributed by atoms with Crippen molar-refractivity contribution >= 4 is 11.6 Å². The average molecular weight is 418 g/mol. The van der Waals surface area contributed by atoms with E-state index in [1.807, 2.05) is 63.2 Å². The van der Waals surface area contributed by atoms with E-state index in [1.165, 1.54) is 0 Å². The lowest BCUT2D eigenvalue weighted by atomic mass is 10.0. The molecule has 0 unspecified atom stereocenters. The Labute approximate surface area is 185 Å². The summed E-state index contributed by atoms with van der Waals surface area (Å²) in [5.74, 6) is 1.78. The van der Waals surface area contributed by atoms with E-state index in [9.17, 15) is 4.79 Å². The Morgan fingerprint density at radius 2 is 1.61 bits per heavy atom. The fourth-order valence-corrected chi connectivity index (χ4v) is 3.62. The summed E-state index contributed by atoms with van der Waals surface area (Å²) in [6.45, 7) is 11.1. The third kappa shape index (κ3) is 5.88. The Bertz CT molecular complexity index is 1040. The van der Waals surface area contributed by atoms with Gasteiger partial charge in [-0.1, -0.05) is 38.1 Å². The molecule has 31 heavy (non-hydrogen) atoms. The summed E-state index contributed by atoms with van der Waals surface area (Å²) in [5.41, 5.74) is 5.58. The minimum Gasteiger partial charge on any atom is -0.493 e. The Kier molecular flexibility index (Phi) is 7.35. The van der Waals surface area contributed by atoms with Crippen molar-refractivity contribution in [3.8, 4) is 11.5 Å². The number of carbonyl (C=O) groups excluding carboxylic acids is 1. The highest BCUT2D eigenvalue weighted by Crippen LogP contribution is 2.28. The first-order valence-corrected chi connectivity index (χ1v) is 10.7. The van der Waals surface area contributed by atoms with Crippen LogP contribution in [0.2, 0.25) is 0 Å². The van der Waals surface area contributed by atoms with Gasteiger partial charge in [0.15, 0.2) is 0 Å². The summed E-state index contributed by atoms with van der Waals surface area (Å²) in [5, 5.41) is 3.00. The highest BCUT2D eigenvalue weighted by atomic mass is 16.5. The maximum atomic E-state index is 12.9. The van der Waals surface area contributed by atoms with Crippen molar-refractivity contribution < 1.29 is 14.3 Å². The van der Waals surface area contributed by atoms with Gasteiger partial charge in [0.2, 0.25) is 0 Å². The number of carbonyl (C=O) groups is 1. The lowest BCUT2D eigenvalue weighted by Gasteiger charge is -2.16. The molecule has 3 aromatic rings. The molecule has 1 amide bonds. The lowest BCUT2D eigenvalue weighted by molar-refractivity contribution is 0.102. The van der Waals surface area contributed by atoms with Gasteiger partial charge in [-0.25, -0.2) is 0 Å². The largest absolute Gasteiger partial charge is 0.493 e. The number of rotatable bonds is 8. The standard InChI is InChI=1S/C27H31NO3/c1-6-30-25-12-11-21(27(29)28-23-14-19(4)13-20(5)15-23)16-22(25)17-31-26-10-8-7-9-24(26)18(2)3/h7-16,18H,6,17H2,1-5H3,(H,28,29). The molecule has 0 fully saturated rings. The third-order valence-corrected chi connectivity index (χ3v) is 5.03. The Morgan fingerprint density at radius 1 is 0.903 bits per heavy atom. The van der Waals surface area contributed by atoms with E-state index in [0.29, 0.717) is 24.7 Å². The highest BCUT2D eigenvalue weighted by molar-refractivity contribution is 6.04. The van der Waals surface area contributed by atoms with Crippen LogP contribution in [0, 0.1) is 13.8 Å². The molecule has 0 atom stereocenters.